The predicted molar refractivity (Wildman–Crippen MR) is 70.9 cm³/mol. The van der Waals surface area contributed by atoms with Crippen molar-refractivity contribution in [2.75, 3.05) is 30.8 Å². The number of methoxy groups -OCH3 is 1. The van der Waals surface area contributed by atoms with Gasteiger partial charge in [-0.3, -0.25) is 4.79 Å². The number of nitrogens with one attached hydrogen (secondary N) is 2. The number of carbonyl (C=O) groups excluding carboxylic acids is 1. The fourth-order valence-corrected chi connectivity index (χ4v) is 1.40. The molecule has 21 heavy (non-hydrogen) atoms. The van der Waals surface area contributed by atoms with Crippen molar-refractivity contribution in [1.29, 1.82) is 0 Å². The molecule has 118 valence electrons. The Hall–Kier alpha value is -2.06. The molecule has 0 saturated carbocycles. The van der Waals surface area contributed by atoms with Gasteiger partial charge in [0.25, 0.3) is 0 Å². The van der Waals surface area contributed by atoms with Gasteiger partial charge in [-0.25, -0.2) is 9.97 Å². The molecule has 0 amide bonds. The Labute approximate surface area is 120 Å². The minimum atomic E-state index is -4.64. The highest BCUT2D eigenvalue weighted by Gasteiger charge is 2.35. The van der Waals surface area contributed by atoms with Gasteiger partial charge in [-0.15, -0.1) is 0 Å². The number of alkyl halides is 3. The average molecular weight is 306 g/mol. The molecule has 0 radical (unpaired) electrons. The van der Waals surface area contributed by atoms with Crippen molar-refractivity contribution in [3.8, 4) is 0 Å². The first-order chi connectivity index (χ1) is 9.86. The Morgan fingerprint density at radius 3 is 2.29 bits per heavy atom. The molecule has 0 aliphatic rings. The summed E-state index contributed by atoms with van der Waals surface area (Å²) in [6.07, 6.45) is -3.86. The number of aromatic nitrogens is 2. The fraction of sp³-hybridized carbons (Fsp3) is 0.583. The van der Waals surface area contributed by atoms with Crippen molar-refractivity contribution in [3.05, 3.63) is 11.9 Å². The number of hydrogen-bond acceptors (Lipinski definition) is 6. The van der Waals surface area contributed by atoms with Gasteiger partial charge in [0.1, 0.15) is 11.6 Å². The Morgan fingerprint density at radius 2 is 1.81 bits per heavy atom. The number of ether oxygens (including phenoxy) is 1. The molecule has 1 rings (SSSR count). The van der Waals surface area contributed by atoms with Gasteiger partial charge in [-0.1, -0.05) is 6.92 Å². The summed E-state index contributed by atoms with van der Waals surface area (Å²) in [5, 5.41) is 5.42. The first kappa shape index (κ1) is 17.0. The van der Waals surface area contributed by atoms with Crippen molar-refractivity contribution in [2.24, 2.45) is 0 Å². The zero-order valence-corrected chi connectivity index (χ0v) is 11.8. The number of carbonyl (C=O) groups is 1. The minimum Gasteiger partial charge on any atom is -0.469 e. The van der Waals surface area contributed by atoms with Gasteiger partial charge in [0.2, 0.25) is 5.82 Å². The van der Waals surface area contributed by atoms with Gasteiger partial charge in [-0.2, -0.15) is 13.2 Å². The quantitative estimate of drug-likeness (QED) is 0.753. The molecule has 0 fully saturated rings. The molecule has 1 aromatic heterocycles. The molecule has 6 nitrogen and oxygen atoms in total. The molecule has 0 saturated heterocycles. The van der Waals surface area contributed by atoms with Gasteiger partial charge in [0.15, 0.2) is 0 Å². The lowest BCUT2D eigenvalue weighted by Crippen LogP contribution is -2.16. The molecule has 0 aromatic carbocycles. The van der Waals surface area contributed by atoms with Crippen molar-refractivity contribution in [1.82, 2.24) is 9.97 Å². The molecule has 2 N–H and O–H groups in total. The Balaban J connectivity index is 2.83. The van der Waals surface area contributed by atoms with Crippen LogP contribution in [0.25, 0.3) is 0 Å². The number of halogens is 3. The third-order valence-electron chi connectivity index (χ3n) is 2.40. The summed E-state index contributed by atoms with van der Waals surface area (Å²) in [7, 11) is 1.24. The molecular weight excluding hydrogens is 289 g/mol. The highest BCUT2D eigenvalue weighted by Crippen LogP contribution is 2.28. The summed E-state index contributed by atoms with van der Waals surface area (Å²) in [5.74, 6) is -1.61. The number of nitrogens with zero attached hydrogens (tertiary/aromatic N) is 2. The van der Waals surface area contributed by atoms with E-state index in [9.17, 15) is 18.0 Å². The lowest BCUT2D eigenvalue weighted by molar-refractivity contribution is -0.145. The average Bonchev–Trinajstić information content (AvgIpc) is 2.43. The molecule has 0 bridgehead atoms. The third kappa shape index (κ3) is 5.84. The smallest absolute Gasteiger partial charge is 0.451 e. The van der Waals surface area contributed by atoms with Crippen LogP contribution in [0, 0.1) is 0 Å². The number of esters is 1. The maximum absolute atomic E-state index is 12.7. The maximum atomic E-state index is 12.7. The van der Waals surface area contributed by atoms with E-state index in [4.69, 9.17) is 0 Å². The summed E-state index contributed by atoms with van der Waals surface area (Å²) in [5.41, 5.74) is 0. The molecule has 0 atom stereocenters. The second-order valence-corrected chi connectivity index (χ2v) is 4.14. The van der Waals surface area contributed by atoms with Crippen LogP contribution in [0.15, 0.2) is 6.07 Å². The zero-order valence-electron chi connectivity index (χ0n) is 11.8. The number of hydrogen-bond donors (Lipinski definition) is 2. The number of rotatable bonds is 7. The fourth-order valence-electron chi connectivity index (χ4n) is 1.40. The minimum absolute atomic E-state index is 0.000156. The van der Waals surface area contributed by atoms with Gasteiger partial charge < -0.3 is 15.4 Å². The van der Waals surface area contributed by atoms with Crippen LogP contribution in [0.4, 0.5) is 24.8 Å². The van der Waals surface area contributed by atoms with Gasteiger partial charge in [0, 0.05) is 19.2 Å². The van der Waals surface area contributed by atoms with E-state index in [0.717, 1.165) is 6.42 Å². The van der Waals surface area contributed by atoms with Gasteiger partial charge in [-0.05, 0) is 6.42 Å². The van der Waals surface area contributed by atoms with E-state index in [-0.39, 0.29) is 24.6 Å². The second-order valence-electron chi connectivity index (χ2n) is 4.14. The predicted octanol–water partition coefficient (Wildman–Crippen LogP) is 2.29. The van der Waals surface area contributed by atoms with E-state index < -0.39 is 18.0 Å². The second kappa shape index (κ2) is 7.65. The van der Waals surface area contributed by atoms with Crippen molar-refractivity contribution < 1.29 is 22.7 Å². The summed E-state index contributed by atoms with van der Waals surface area (Å²) >= 11 is 0. The molecule has 1 heterocycles. The Kier molecular flexibility index (Phi) is 6.19. The maximum Gasteiger partial charge on any atom is 0.451 e. The van der Waals surface area contributed by atoms with Crippen molar-refractivity contribution in [2.45, 2.75) is 25.9 Å². The van der Waals surface area contributed by atoms with Crippen LogP contribution < -0.4 is 10.6 Å². The lowest BCUT2D eigenvalue weighted by atomic mass is 10.4. The van der Waals surface area contributed by atoms with E-state index in [0.29, 0.717) is 6.54 Å². The highest BCUT2D eigenvalue weighted by atomic mass is 19.4. The van der Waals surface area contributed by atoms with Crippen LogP contribution in [-0.4, -0.2) is 36.1 Å². The molecular formula is C12H17F3N4O2. The van der Waals surface area contributed by atoms with E-state index in [1.807, 2.05) is 6.92 Å². The molecule has 0 aliphatic heterocycles. The first-order valence-electron chi connectivity index (χ1n) is 6.37. The Bertz CT molecular complexity index is 480. The standard InChI is InChI=1S/C12H17F3N4O2/c1-3-5-16-8-7-9(17-6-4-10(20)21-2)19-11(18-8)12(13,14)15/h7H,3-6H2,1-2H3,(H2,16,17,18,19). The number of anilines is 2. The third-order valence-corrected chi connectivity index (χ3v) is 2.40. The largest absolute Gasteiger partial charge is 0.469 e. The highest BCUT2D eigenvalue weighted by molar-refractivity contribution is 5.69. The topological polar surface area (TPSA) is 76.1 Å². The SMILES string of the molecule is CCCNc1cc(NCCC(=O)OC)nc(C(F)(F)F)n1. The normalized spacial score (nSPS) is 11.1. The van der Waals surface area contributed by atoms with E-state index in [1.54, 1.807) is 0 Å². The monoisotopic (exact) mass is 306 g/mol. The summed E-state index contributed by atoms with van der Waals surface area (Å²) in [4.78, 5) is 17.8. The first-order valence-corrected chi connectivity index (χ1v) is 6.37. The molecule has 9 heteroatoms. The van der Waals surface area contributed by atoms with E-state index >= 15 is 0 Å². The van der Waals surface area contributed by atoms with E-state index in [2.05, 4.69) is 25.3 Å². The van der Waals surface area contributed by atoms with Crippen LogP contribution in [0.2, 0.25) is 0 Å². The van der Waals surface area contributed by atoms with Crippen LogP contribution in [0.5, 0.6) is 0 Å². The molecule has 0 unspecified atom stereocenters. The van der Waals surface area contributed by atoms with Crippen LogP contribution in [-0.2, 0) is 15.7 Å². The Morgan fingerprint density at radius 1 is 1.24 bits per heavy atom. The molecule has 0 spiro atoms. The summed E-state index contributed by atoms with van der Waals surface area (Å²) in [6.45, 7) is 2.50. The van der Waals surface area contributed by atoms with Crippen LogP contribution >= 0.6 is 0 Å². The van der Waals surface area contributed by atoms with Gasteiger partial charge >= 0.3 is 12.1 Å². The van der Waals surface area contributed by atoms with E-state index in [1.165, 1.54) is 13.2 Å². The summed E-state index contributed by atoms with van der Waals surface area (Å²) in [6, 6.07) is 1.36. The molecule has 0 aliphatic carbocycles. The van der Waals surface area contributed by atoms with Crippen molar-refractivity contribution >= 4 is 17.6 Å². The molecule has 1 aromatic rings. The lowest BCUT2D eigenvalue weighted by Gasteiger charge is -2.12. The zero-order chi connectivity index (χ0) is 15.9. The van der Waals surface area contributed by atoms with Crippen molar-refractivity contribution in [3.63, 3.8) is 0 Å². The van der Waals surface area contributed by atoms with Crippen LogP contribution in [0.1, 0.15) is 25.6 Å². The van der Waals surface area contributed by atoms with Gasteiger partial charge in [0.05, 0.1) is 13.5 Å². The van der Waals surface area contributed by atoms with Crippen LogP contribution in [0.3, 0.4) is 0 Å². The summed E-state index contributed by atoms with van der Waals surface area (Å²) < 4.78 is 42.6.